The van der Waals surface area contributed by atoms with Crippen molar-refractivity contribution in [3.8, 4) is 34.5 Å². The summed E-state index contributed by atoms with van der Waals surface area (Å²) in [6.07, 6.45) is 4.06. The van der Waals surface area contributed by atoms with Crippen LogP contribution >= 0.6 is 0 Å². The van der Waals surface area contributed by atoms with E-state index in [1.165, 1.54) is 11.6 Å². The lowest BCUT2D eigenvalue weighted by molar-refractivity contribution is 0.0512. The third-order valence-electron chi connectivity index (χ3n) is 12.6. The third kappa shape index (κ3) is 8.16. The summed E-state index contributed by atoms with van der Waals surface area (Å²) in [6.45, 7) is 15.9. The van der Waals surface area contributed by atoms with Crippen LogP contribution in [-0.4, -0.2) is 86.8 Å². The van der Waals surface area contributed by atoms with Crippen molar-refractivity contribution in [2.75, 3.05) is 52.1 Å². The number of rotatable bonds is 14. The number of hydrogen-bond acceptors (Lipinski definition) is 8. The first-order chi connectivity index (χ1) is 27.8. The van der Waals surface area contributed by atoms with Crippen LogP contribution in [0.15, 0.2) is 66.9 Å². The molecule has 306 valence electrons. The van der Waals surface area contributed by atoms with Crippen molar-refractivity contribution in [2.45, 2.75) is 95.6 Å². The second kappa shape index (κ2) is 17.3. The summed E-state index contributed by atoms with van der Waals surface area (Å²) in [5.41, 5.74) is 7.99. The van der Waals surface area contributed by atoms with Crippen molar-refractivity contribution in [3.05, 3.63) is 83.8 Å². The molecule has 5 aromatic rings. The molecule has 2 atom stereocenters. The molecule has 0 aliphatic carbocycles. The monoisotopic (exact) mass is 805 g/mol. The van der Waals surface area contributed by atoms with Gasteiger partial charge in [-0.3, -0.25) is 4.90 Å². The minimum absolute atomic E-state index is 0.0404. The van der Waals surface area contributed by atoms with Gasteiger partial charge in [0.15, 0.2) is 6.79 Å². The predicted molar refractivity (Wildman–Crippen MR) is 233 cm³/mol. The molecule has 0 saturated carbocycles. The number of nitrogens with zero attached hydrogens (tertiary/aromatic N) is 5. The lowest BCUT2D eigenvalue weighted by Crippen LogP contribution is -2.43. The topological polar surface area (TPSA) is 72.8 Å². The average Bonchev–Trinajstić information content (AvgIpc) is 3.74. The maximum atomic E-state index is 16.4. The number of halogens is 2. The molecule has 7 rings (SSSR count). The van der Waals surface area contributed by atoms with Crippen molar-refractivity contribution in [1.82, 2.24) is 19.9 Å². The smallest absolute Gasteiger partial charge is 0.316 e. The highest BCUT2D eigenvalue weighted by molar-refractivity contribution is 6.90. The Morgan fingerprint density at radius 2 is 1.74 bits per heavy atom. The van der Waals surface area contributed by atoms with Gasteiger partial charge in [0.05, 0.1) is 27.7 Å². The Kier molecular flexibility index (Phi) is 12.4. The van der Waals surface area contributed by atoms with Gasteiger partial charge in [-0.05, 0) is 77.6 Å². The van der Waals surface area contributed by atoms with Crippen LogP contribution in [0.4, 0.5) is 14.6 Å². The van der Waals surface area contributed by atoms with Crippen molar-refractivity contribution < 1.29 is 23.0 Å². The molecule has 8 nitrogen and oxygen atoms in total. The predicted octanol–water partition coefficient (Wildman–Crippen LogP) is 10.2. The summed E-state index contributed by atoms with van der Waals surface area (Å²) in [5, 5.41) is 2.19. The van der Waals surface area contributed by atoms with E-state index >= 15 is 4.39 Å². The Morgan fingerprint density at radius 3 is 2.47 bits per heavy atom. The van der Waals surface area contributed by atoms with Crippen molar-refractivity contribution in [3.63, 3.8) is 0 Å². The Morgan fingerprint density at radius 1 is 0.983 bits per heavy atom. The lowest BCUT2D eigenvalue weighted by atomic mass is 9.95. The van der Waals surface area contributed by atoms with Gasteiger partial charge in [-0.2, -0.15) is 4.98 Å². The van der Waals surface area contributed by atoms with Gasteiger partial charge >= 0.3 is 6.01 Å². The summed E-state index contributed by atoms with van der Waals surface area (Å²) in [6, 6.07) is 19.5. The third-order valence-corrected chi connectivity index (χ3v) is 18.9. The quantitative estimate of drug-likeness (QED) is 0.0624. The van der Waals surface area contributed by atoms with E-state index in [9.17, 15) is 4.39 Å². The zero-order valence-electron chi connectivity index (χ0n) is 35.2. The zero-order valence-corrected chi connectivity index (χ0v) is 36.2. The van der Waals surface area contributed by atoms with Gasteiger partial charge in [0.2, 0.25) is 0 Å². The average molecular weight is 806 g/mol. The fourth-order valence-corrected chi connectivity index (χ4v) is 14.9. The number of anilines is 1. The van der Waals surface area contributed by atoms with Gasteiger partial charge < -0.3 is 19.1 Å². The molecule has 11 heteroatoms. The second-order valence-corrected chi connectivity index (χ2v) is 22.7. The molecule has 2 aromatic heterocycles. The first-order valence-electron chi connectivity index (χ1n) is 20.7. The molecule has 0 N–H and O–H groups in total. The van der Waals surface area contributed by atoms with Gasteiger partial charge in [-0.1, -0.05) is 83.9 Å². The second-order valence-electron chi connectivity index (χ2n) is 17.1. The summed E-state index contributed by atoms with van der Waals surface area (Å²) in [4.78, 5) is 19.3. The van der Waals surface area contributed by atoms with E-state index in [1.54, 1.807) is 19.4 Å². The lowest BCUT2D eigenvalue weighted by Gasteiger charge is -2.38. The number of hydrogen-bond donors (Lipinski definition) is 0. The van der Waals surface area contributed by atoms with Crippen LogP contribution in [0.25, 0.3) is 32.9 Å². The maximum absolute atomic E-state index is 16.4. The summed E-state index contributed by atoms with van der Waals surface area (Å²) in [5.74, 6) is 4.31. The highest BCUT2D eigenvalue weighted by atomic mass is 28.3. The van der Waals surface area contributed by atoms with E-state index in [4.69, 9.17) is 24.2 Å². The highest BCUT2D eigenvalue weighted by Gasteiger charge is 2.49. The fourth-order valence-electron chi connectivity index (χ4n) is 9.74. The largest absolute Gasteiger partial charge is 0.468 e. The van der Waals surface area contributed by atoms with Crippen molar-refractivity contribution >= 4 is 35.6 Å². The summed E-state index contributed by atoms with van der Waals surface area (Å²) >= 11 is 0. The number of fused-ring (bicyclic) bond motifs is 3. The number of ether oxygens (including phenoxy) is 3. The minimum atomic E-state index is -2.23. The molecule has 2 saturated heterocycles. The zero-order chi connectivity index (χ0) is 41.2. The number of alkyl halides is 1. The Bertz CT molecular complexity index is 2290. The van der Waals surface area contributed by atoms with Crippen LogP contribution in [0.5, 0.6) is 11.8 Å². The number of benzene rings is 3. The SMILES string of the molecule is COCOc1cc(-c2cc3nc(OC[C@@]45CCCN4C[C@H](F)C5)ncc3c(N(C)CCc3ccccc3)n2)c2c(C#C[Si](C(C)C)(C(C)C)C(C)C)c(F)ccc2c1. The van der Waals surface area contributed by atoms with Crippen molar-refractivity contribution in [1.29, 1.82) is 0 Å². The number of pyridine rings is 1. The van der Waals surface area contributed by atoms with Crippen LogP contribution in [-0.2, 0) is 11.2 Å². The van der Waals surface area contributed by atoms with E-state index in [0.717, 1.165) is 36.6 Å². The molecule has 2 fully saturated rings. The van der Waals surface area contributed by atoms with Gasteiger partial charge in [0.1, 0.15) is 38.2 Å². The standard InChI is InChI=1S/C47H57F2N5O3Si/c1-31(2)58(32(3)4,33(5)6)22-18-38-41(49)16-15-35-23-37(57-30-55-8)24-39(44(35)38)42-25-43-40(45(51-42)53(7)21-17-34-13-10-9-11-14-34)27-50-46(52-43)56-29-47-19-12-20-54(47)28-36(48)26-47/h9-11,13-16,23-25,27,31-33,36H,12,17,19-21,26,28-30H2,1-8H3/t36-,47+/m1/s1. The molecule has 3 aromatic carbocycles. The molecule has 2 aliphatic heterocycles. The van der Waals surface area contributed by atoms with Crippen LogP contribution in [0.3, 0.4) is 0 Å². The van der Waals surface area contributed by atoms with Crippen LogP contribution in [0.1, 0.15) is 71.9 Å². The molecule has 2 aliphatic rings. The molecule has 0 spiro atoms. The minimum Gasteiger partial charge on any atom is -0.468 e. The molecule has 0 amide bonds. The van der Waals surface area contributed by atoms with Crippen molar-refractivity contribution in [2.24, 2.45) is 0 Å². The first-order valence-corrected chi connectivity index (χ1v) is 22.9. The van der Waals surface area contributed by atoms with Gasteiger partial charge in [0, 0.05) is 50.8 Å². The molecule has 0 bridgehead atoms. The van der Waals surface area contributed by atoms with E-state index in [0.29, 0.717) is 82.0 Å². The van der Waals surface area contributed by atoms with E-state index in [2.05, 4.69) is 79.9 Å². The molecule has 0 radical (unpaired) electrons. The van der Waals surface area contributed by atoms with Crippen LogP contribution < -0.4 is 14.4 Å². The molecule has 58 heavy (non-hydrogen) atoms. The molecular weight excluding hydrogens is 749 g/mol. The summed E-state index contributed by atoms with van der Waals surface area (Å²) in [7, 11) is 1.37. The van der Waals surface area contributed by atoms with E-state index < -0.39 is 14.2 Å². The van der Waals surface area contributed by atoms with Crippen LogP contribution in [0.2, 0.25) is 16.6 Å². The molecule has 4 heterocycles. The number of likely N-dealkylation sites (N-methyl/N-ethyl adjacent to an activating group) is 1. The number of methoxy groups -OCH3 is 1. The van der Waals surface area contributed by atoms with E-state index in [-0.39, 0.29) is 24.2 Å². The van der Waals surface area contributed by atoms with Crippen LogP contribution in [0, 0.1) is 17.3 Å². The van der Waals surface area contributed by atoms with Gasteiger partial charge in [-0.15, -0.1) is 5.54 Å². The maximum Gasteiger partial charge on any atom is 0.316 e. The summed E-state index contributed by atoms with van der Waals surface area (Å²) < 4.78 is 48.6. The fraction of sp³-hybridized carbons (Fsp3) is 0.468. The Labute approximate surface area is 343 Å². The van der Waals surface area contributed by atoms with E-state index in [1.807, 2.05) is 43.4 Å². The molecular formula is C47H57F2N5O3Si. The first kappa shape index (κ1) is 41.5. The normalized spacial score (nSPS) is 18.3. The van der Waals surface area contributed by atoms with Gasteiger partial charge in [0.25, 0.3) is 0 Å². The number of aromatic nitrogens is 3. The highest BCUT2D eigenvalue weighted by Crippen LogP contribution is 2.43. The van der Waals surface area contributed by atoms with Gasteiger partial charge in [-0.25, -0.2) is 18.7 Å². The Balaban J connectivity index is 1.40. The molecule has 0 unspecified atom stereocenters. The Hall–Kier alpha value is -4.63.